The van der Waals surface area contributed by atoms with E-state index in [1.165, 1.54) is 18.4 Å². The number of sulfone groups is 1. The average Bonchev–Trinajstić information content (AvgIpc) is 2.18. The first-order valence-corrected chi connectivity index (χ1v) is 8.01. The predicted molar refractivity (Wildman–Crippen MR) is 72.1 cm³/mol. The molecule has 0 aliphatic carbocycles. The van der Waals surface area contributed by atoms with Gasteiger partial charge in [0.25, 0.3) is 0 Å². The summed E-state index contributed by atoms with van der Waals surface area (Å²) in [5, 5.41) is 3.19. The van der Waals surface area contributed by atoms with Crippen molar-refractivity contribution in [2.75, 3.05) is 12.0 Å². The Balaban J connectivity index is 2.70. The van der Waals surface area contributed by atoms with Crippen LogP contribution in [0.2, 0.25) is 5.02 Å². The molecule has 0 aliphatic rings. The monoisotopic (exact) mass is 293 g/mol. The summed E-state index contributed by atoms with van der Waals surface area (Å²) in [6, 6.07) is 4.22. The van der Waals surface area contributed by atoms with Crippen LogP contribution in [-0.4, -0.2) is 26.5 Å². The predicted octanol–water partition coefficient (Wildman–Crippen LogP) is 2.56. The van der Waals surface area contributed by atoms with E-state index in [4.69, 9.17) is 11.6 Å². The lowest BCUT2D eigenvalue weighted by atomic mass is 10.1. The largest absolute Gasteiger partial charge is 0.307 e. The van der Waals surface area contributed by atoms with Gasteiger partial charge >= 0.3 is 0 Å². The van der Waals surface area contributed by atoms with Gasteiger partial charge in [0.15, 0.2) is 0 Å². The lowest BCUT2D eigenvalue weighted by molar-refractivity contribution is 0.498. The van der Waals surface area contributed by atoms with E-state index in [1.807, 2.05) is 6.92 Å². The summed E-state index contributed by atoms with van der Waals surface area (Å²) in [5.41, 5.74) is 0.734. The molecule has 0 saturated heterocycles. The molecule has 1 N–H and O–H groups in total. The van der Waals surface area contributed by atoms with Gasteiger partial charge in [0.2, 0.25) is 0 Å². The topological polar surface area (TPSA) is 46.2 Å². The number of nitrogens with one attached hydrogen (secondary N) is 1. The van der Waals surface area contributed by atoms with Crippen molar-refractivity contribution in [3.8, 4) is 0 Å². The van der Waals surface area contributed by atoms with Gasteiger partial charge in [-0.2, -0.15) is 0 Å². The Hall–Kier alpha value is -0.650. The number of rotatable bonds is 5. The highest BCUT2D eigenvalue weighted by atomic mass is 35.5. The molecule has 0 fully saturated rings. The Morgan fingerprint density at radius 1 is 1.39 bits per heavy atom. The quantitative estimate of drug-likeness (QED) is 0.907. The molecule has 1 aromatic rings. The van der Waals surface area contributed by atoms with E-state index in [0.29, 0.717) is 0 Å². The summed E-state index contributed by atoms with van der Waals surface area (Å²) in [6.45, 7) is 3.63. The van der Waals surface area contributed by atoms with Crippen LogP contribution in [0.5, 0.6) is 0 Å². The molecule has 0 aliphatic heterocycles. The van der Waals surface area contributed by atoms with Crippen LogP contribution in [0.15, 0.2) is 18.2 Å². The number of hydrogen-bond donors (Lipinski definition) is 1. The van der Waals surface area contributed by atoms with Crippen molar-refractivity contribution in [2.24, 2.45) is 0 Å². The molecule has 2 unspecified atom stereocenters. The first-order valence-electron chi connectivity index (χ1n) is 5.58. The zero-order valence-corrected chi connectivity index (χ0v) is 12.1. The van der Waals surface area contributed by atoms with Gasteiger partial charge in [-0.3, -0.25) is 0 Å². The van der Waals surface area contributed by atoms with Crippen LogP contribution in [0.25, 0.3) is 0 Å². The van der Waals surface area contributed by atoms with Gasteiger partial charge in [-0.1, -0.05) is 17.7 Å². The van der Waals surface area contributed by atoms with Gasteiger partial charge < -0.3 is 5.32 Å². The molecule has 18 heavy (non-hydrogen) atoms. The molecule has 6 heteroatoms. The molecule has 2 atom stereocenters. The molecule has 0 saturated carbocycles. The number of halogens is 2. The van der Waals surface area contributed by atoms with E-state index in [1.54, 1.807) is 13.0 Å². The zero-order valence-electron chi connectivity index (χ0n) is 10.6. The smallest absolute Gasteiger partial charge is 0.148 e. The maximum atomic E-state index is 13.3. The summed E-state index contributed by atoms with van der Waals surface area (Å²) < 4.78 is 35.6. The number of hydrogen-bond acceptors (Lipinski definition) is 3. The number of benzene rings is 1. The van der Waals surface area contributed by atoms with Gasteiger partial charge in [0, 0.05) is 18.3 Å². The highest BCUT2D eigenvalue weighted by Crippen LogP contribution is 2.20. The summed E-state index contributed by atoms with van der Waals surface area (Å²) in [7, 11) is -3.02. The molecule has 0 spiro atoms. The second kappa shape index (κ2) is 5.99. The van der Waals surface area contributed by atoms with E-state index in [2.05, 4.69) is 5.32 Å². The van der Waals surface area contributed by atoms with Gasteiger partial charge in [-0.25, -0.2) is 12.8 Å². The third kappa shape index (κ3) is 4.92. The van der Waals surface area contributed by atoms with Crippen molar-refractivity contribution >= 4 is 21.4 Å². The van der Waals surface area contributed by atoms with Crippen LogP contribution < -0.4 is 5.32 Å². The molecule has 102 valence electrons. The molecule has 1 rings (SSSR count). The van der Waals surface area contributed by atoms with E-state index >= 15 is 0 Å². The van der Waals surface area contributed by atoms with Crippen molar-refractivity contribution in [3.05, 3.63) is 34.6 Å². The average molecular weight is 294 g/mol. The lowest BCUT2D eigenvalue weighted by Gasteiger charge is -2.20. The van der Waals surface area contributed by atoms with Crippen molar-refractivity contribution in [3.63, 3.8) is 0 Å². The second-order valence-electron chi connectivity index (χ2n) is 4.56. The molecule has 0 bridgehead atoms. The molecule has 0 radical (unpaired) electrons. The van der Waals surface area contributed by atoms with Crippen molar-refractivity contribution < 1.29 is 12.8 Å². The normalized spacial score (nSPS) is 15.4. The fourth-order valence-corrected chi connectivity index (χ4v) is 2.93. The van der Waals surface area contributed by atoms with Crippen molar-refractivity contribution in [2.45, 2.75) is 25.9 Å². The Labute approximate surface area is 112 Å². The molecule has 1 aromatic carbocycles. The molecular formula is C12H17ClFNO2S. The Morgan fingerprint density at radius 2 is 2.00 bits per heavy atom. The Bertz CT molecular complexity index is 519. The van der Waals surface area contributed by atoms with E-state index < -0.39 is 15.7 Å². The minimum atomic E-state index is -3.02. The molecule has 0 aromatic heterocycles. The SMILES string of the molecule is CC(CS(C)(=O)=O)NC(C)c1ccc(Cl)c(F)c1. The second-order valence-corrected chi connectivity index (χ2v) is 7.15. The van der Waals surface area contributed by atoms with Crippen LogP contribution in [-0.2, 0) is 9.84 Å². The minimum absolute atomic E-state index is 0.0490. The van der Waals surface area contributed by atoms with Gasteiger partial charge in [-0.05, 0) is 31.5 Å². The molecule has 3 nitrogen and oxygen atoms in total. The highest BCUT2D eigenvalue weighted by molar-refractivity contribution is 7.90. The van der Waals surface area contributed by atoms with Crippen LogP contribution in [0.4, 0.5) is 4.39 Å². The van der Waals surface area contributed by atoms with Gasteiger partial charge in [-0.15, -0.1) is 0 Å². The summed E-state index contributed by atoms with van der Waals surface area (Å²) in [6.07, 6.45) is 1.19. The van der Waals surface area contributed by atoms with Crippen LogP contribution >= 0.6 is 11.6 Å². The van der Waals surface area contributed by atoms with Crippen molar-refractivity contribution in [1.29, 1.82) is 0 Å². The van der Waals surface area contributed by atoms with E-state index in [-0.39, 0.29) is 22.9 Å². The first kappa shape index (κ1) is 15.4. The van der Waals surface area contributed by atoms with Gasteiger partial charge in [0.05, 0.1) is 10.8 Å². The fourth-order valence-electron chi connectivity index (χ4n) is 1.81. The van der Waals surface area contributed by atoms with Crippen LogP contribution in [0.1, 0.15) is 25.5 Å². The van der Waals surface area contributed by atoms with Gasteiger partial charge in [0.1, 0.15) is 15.7 Å². The zero-order chi connectivity index (χ0) is 13.9. The molecule has 0 amide bonds. The summed E-state index contributed by atoms with van der Waals surface area (Å²) in [4.78, 5) is 0. The lowest BCUT2D eigenvalue weighted by Crippen LogP contribution is -2.34. The van der Waals surface area contributed by atoms with E-state index in [0.717, 1.165) is 5.56 Å². The standard InChI is InChI=1S/C12H17ClFNO2S/c1-8(7-18(3,16)17)15-9(2)10-4-5-11(13)12(14)6-10/h4-6,8-9,15H,7H2,1-3H3. The van der Waals surface area contributed by atoms with E-state index in [9.17, 15) is 12.8 Å². The summed E-state index contributed by atoms with van der Waals surface area (Å²) in [5.74, 6) is -0.425. The third-order valence-corrected chi connectivity index (χ3v) is 3.94. The maximum Gasteiger partial charge on any atom is 0.148 e. The third-order valence-electron chi connectivity index (χ3n) is 2.53. The minimum Gasteiger partial charge on any atom is -0.307 e. The molecular weight excluding hydrogens is 277 g/mol. The first-order chi connectivity index (χ1) is 8.19. The Morgan fingerprint density at radius 3 is 2.50 bits per heavy atom. The Kier molecular flexibility index (Phi) is 5.13. The maximum absolute atomic E-state index is 13.3. The summed E-state index contributed by atoms with van der Waals surface area (Å²) >= 11 is 5.60. The highest BCUT2D eigenvalue weighted by Gasteiger charge is 2.14. The fraction of sp³-hybridized carbons (Fsp3) is 0.500. The van der Waals surface area contributed by atoms with Crippen molar-refractivity contribution in [1.82, 2.24) is 5.32 Å². The molecule has 0 heterocycles. The van der Waals surface area contributed by atoms with Crippen LogP contribution in [0, 0.1) is 5.82 Å². The van der Waals surface area contributed by atoms with Crippen LogP contribution in [0.3, 0.4) is 0 Å².